The summed E-state index contributed by atoms with van der Waals surface area (Å²) in [6, 6.07) is 8.47. The largest absolute Gasteiger partial charge is 0.465 e. The Kier molecular flexibility index (Phi) is 21.5. The first-order valence-electron chi connectivity index (χ1n) is 17.9. The fraction of sp³-hybridized carbons (Fsp3) is 0.600. The number of amides is 4. The maximum Gasteiger partial charge on any atom is 0.325 e. The molecule has 0 aliphatic carbocycles. The molecule has 1 fully saturated rings. The summed E-state index contributed by atoms with van der Waals surface area (Å²) in [4.78, 5) is 94.7. The van der Waals surface area contributed by atoms with Crippen LogP contribution < -0.4 is 21.3 Å². The van der Waals surface area contributed by atoms with Crippen molar-refractivity contribution in [3.05, 3.63) is 29.8 Å². The van der Waals surface area contributed by atoms with Gasteiger partial charge in [-0.15, -0.1) is 0 Å². The summed E-state index contributed by atoms with van der Waals surface area (Å²) in [5, 5.41) is 19.6. The highest BCUT2D eigenvalue weighted by molar-refractivity contribution is 5.92. The number of nitrogens with zero attached hydrogens (tertiary/aromatic N) is 5. The molecule has 19 nitrogen and oxygen atoms in total. The molecule has 1 aliphatic heterocycles. The van der Waals surface area contributed by atoms with E-state index in [-0.39, 0.29) is 71.5 Å². The van der Waals surface area contributed by atoms with Gasteiger partial charge in [0.1, 0.15) is 19.6 Å². The molecule has 1 aromatic rings. The average Bonchev–Trinajstić information content (AvgIpc) is 3.14. The molecule has 1 saturated heterocycles. The zero-order valence-corrected chi connectivity index (χ0v) is 31.4. The summed E-state index contributed by atoms with van der Waals surface area (Å²) in [5.74, 6) is -3.29. The van der Waals surface area contributed by atoms with Gasteiger partial charge in [-0.2, -0.15) is 5.26 Å². The molecule has 298 valence electrons. The minimum absolute atomic E-state index is 0.0292. The van der Waals surface area contributed by atoms with E-state index in [0.717, 1.165) is 0 Å². The number of nitriles is 1. The summed E-state index contributed by atoms with van der Waals surface area (Å²) in [6.07, 6.45) is 0. The van der Waals surface area contributed by atoms with Crippen LogP contribution in [0, 0.1) is 11.3 Å². The van der Waals surface area contributed by atoms with Gasteiger partial charge < -0.3 is 35.5 Å². The number of rotatable bonds is 18. The zero-order valence-electron chi connectivity index (χ0n) is 31.4. The minimum atomic E-state index is -0.574. The number of ether oxygens (including phenoxy) is 3. The number of hydrogen-bond donors (Lipinski definition) is 4. The first kappa shape index (κ1) is 45.0. The first-order chi connectivity index (χ1) is 25.9. The van der Waals surface area contributed by atoms with Crippen molar-refractivity contribution in [2.24, 2.45) is 0 Å². The number of anilines is 1. The molecule has 1 aromatic carbocycles. The van der Waals surface area contributed by atoms with Crippen LogP contribution in [-0.2, 0) is 47.8 Å². The summed E-state index contributed by atoms with van der Waals surface area (Å²) in [5.41, 5.74) is 0.962. The highest BCUT2D eigenvalue weighted by Gasteiger charge is 2.22. The first-order valence-corrected chi connectivity index (χ1v) is 17.9. The molecule has 0 spiro atoms. The molecule has 4 amide bonds. The van der Waals surface area contributed by atoms with Gasteiger partial charge in [0.25, 0.3) is 0 Å². The molecular formula is C35H53N9O10. The van der Waals surface area contributed by atoms with Gasteiger partial charge in [-0.05, 0) is 45.0 Å². The maximum atomic E-state index is 13.2. The zero-order chi connectivity index (χ0) is 39.7. The van der Waals surface area contributed by atoms with Gasteiger partial charge in [0.2, 0.25) is 23.6 Å². The monoisotopic (exact) mass is 759 g/mol. The number of benzene rings is 1. The second-order valence-electron chi connectivity index (χ2n) is 12.1. The van der Waals surface area contributed by atoms with Crippen LogP contribution >= 0.6 is 0 Å². The lowest BCUT2D eigenvalue weighted by atomic mass is 10.2. The Hall–Kier alpha value is -5.16. The number of carbonyl (C=O) groups excluding carboxylic acids is 7. The van der Waals surface area contributed by atoms with Crippen LogP contribution in [0.5, 0.6) is 0 Å². The Morgan fingerprint density at radius 2 is 0.833 bits per heavy atom. The molecule has 0 aromatic heterocycles. The molecule has 0 bridgehead atoms. The molecule has 19 heteroatoms. The molecule has 0 saturated carbocycles. The van der Waals surface area contributed by atoms with E-state index in [4.69, 9.17) is 19.5 Å². The predicted octanol–water partition coefficient (Wildman–Crippen LogP) is -2.24. The van der Waals surface area contributed by atoms with E-state index in [9.17, 15) is 33.6 Å². The highest BCUT2D eigenvalue weighted by atomic mass is 16.5. The standard InChI is InChI=1S/C35H53N9O10/c1-4-52-33(49)20-37-29(45)23-41-11-13-42(24-30(46)38-21-34(50)53-5-2)15-17-44(26-32(48)40-28-9-7-27(19-36)8-10-28)18-16-43(14-12-41)25-31(47)39-22-35(51)54-6-3/h7-10H,4-6,11-18,20-26H2,1-3H3,(H,37,45)(H,38,46)(H,39,47)(H,40,48). The lowest BCUT2D eigenvalue weighted by Crippen LogP contribution is -2.51. The van der Waals surface area contributed by atoms with Crippen molar-refractivity contribution >= 4 is 47.2 Å². The molecule has 4 N–H and O–H groups in total. The number of hydrogen-bond acceptors (Lipinski definition) is 15. The molecule has 0 radical (unpaired) electrons. The van der Waals surface area contributed by atoms with Gasteiger partial charge in [0.05, 0.1) is 57.6 Å². The molecular weight excluding hydrogens is 706 g/mol. The Morgan fingerprint density at radius 1 is 0.537 bits per heavy atom. The maximum absolute atomic E-state index is 13.2. The minimum Gasteiger partial charge on any atom is -0.465 e. The van der Waals surface area contributed by atoms with Crippen molar-refractivity contribution in [3.63, 3.8) is 0 Å². The van der Waals surface area contributed by atoms with Crippen LogP contribution in [0.2, 0.25) is 0 Å². The smallest absolute Gasteiger partial charge is 0.325 e. The van der Waals surface area contributed by atoms with E-state index in [0.29, 0.717) is 63.6 Å². The predicted molar refractivity (Wildman–Crippen MR) is 194 cm³/mol. The Labute approximate surface area is 315 Å². The van der Waals surface area contributed by atoms with Crippen LogP contribution in [0.15, 0.2) is 24.3 Å². The van der Waals surface area contributed by atoms with Crippen LogP contribution in [-0.4, -0.2) is 179 Å². The second-order valence-corrected chi connectivity index (χ2v) is 12.1. The third-order valence-electron chi connectivity index (χ3n) is 7.90. The van der Waals surface area contributed by atoms with Gasteiger partial charge in [-0.3, -0.25) is 53.2 Å². The number of carbonyl (C=O) groups is 7. The molecule has 0 unspecified atom stereocenters. The van der Waals surface area contributed by atoms with Gasteiger partial charge in [-0.25, -0.2) is 0 Å². The Morgan fingerprint density at radius 3 is 1.11 bits per heavy atom. The SMILES string of the molecule is CCOC(=O)CNC(=O)CN1CCN(CC(=O)NCC(=O)OCC)CCN(CC(=O)Nc2ccc(C#N)cc2)CCN(CC(=O)NCC(=O)OCC)CC1. The van der Waals surface area contributed by atoms with E-state index in [1.54, 1.807) is 45.0 Å². The van der Waals surface area contributed by atoms with Crippen molar-refractivity contribution < 1.29 is 47.8 Å². The summed E-state index contributed by atoms with van der Waals surface area (Å²) < 4.78 is 14.7. The normalized spacial score (nSPS) is 14.9. The van der Waals surface area contributed by atoms with Crippen LogP contribution in [0.25, 0.3) is 0 Å². The number of esters is 3. The van der Waals surface area contributed by atoms with Gasteiger partial charge in [-0.1, -0.05) is 0 Å². The average molecular weight is 760 g/mol. The van der Waals surface area contributed by atoms with Crippen molar-refractivity contribution in [2.75, 3.05) is 123 Å². The topological polar surface area (TPSA) is 232 Å². The second kappa shape index (κ2) is 25.8. The summed E-state index contributed by atoms with van der Waals surface area (Å²) in [7, 11) is 0. The highest BCUT2D eigenvalue weighted by Crippen LogP contribution is 2.09. The van der Waals surface area contributed by atoms with E-state index >= 15 is 0 Å². The van der Waals surface area contributed by atoms with Crippen molar-refractivity contribution in [2.45, 2.75) is 20.8 Å². The Balaban J connectivity index is 2.26. The van der Waals surface area contributed by atoms with Crippen LogP contribution in [0.1, 0.15) is 26.3 Å². The quantitative estimate of drug-likeness (QED) is 0.0916. The van der Waals surface area contributed by atoms with Crippen molar-refractivity contribution in [1.29, 1.82) is 5.26 Å². The summed E-state index contributed by atoms with van der Waals surface area (Å²) >= 11 is 0. The third-order valence-corrected chi connectivity index (χ3v) is 7.90. The van der Waals surface area contributed by atoms with Crippen molar-refractivity contribution in [3.8, 4) is 6.07 Å². The van der Waals surface area contributed by atoms with E-state index in [1.807, 2.05) is 25.7 Å². The lowest BCUT2D eigenvalue weighted by molar-refractivity contribution is -0.144. The molecule has 1 heterocycles. The molecule has 54 heavy (non-hydrogen) atoms. The fourth-order valence-electron chi connectivity index (χ4n) is 5.17. The van der Waals surface area contributed by atoms with Gasteiger partial charge in [0.15, 0.2) is 0 Å². The van der Waals surface area contributed by atoms with Gasteiger partial charge >= 0.3 is 17.9 Å². The third kappa shape index (κ3) is 19.6. The van der Waals surface area contributed by atoms with E-state index in [1.165, 1.54) is 0 Å². The molecule has 0 atom stereocenters. The van der Waals surface area contributed by atoms with Crippen molar-refractivity contribution in [1.82, 2.24) is 35.6 Å². The van der Waals surface area contributed by atoms with E-state index < -0.39 is 35.6 Å². The number of nitrogens with one attached hydrogen (secondary N) is 4. The van der Waals surface area contributed by atoms with E-state index in [2.05, 4.69) is 21.3 Å². The van der Waals surface area contributed by atoms with Crippen LogP contribution in [0.3, 0.4) is 0 Å². The molecule has 1 aliphatic rings. The molecule has 2 rings (SSSR count). The lowest BCUT2D eigenvalue weighted by Gasteiger charge is -2.33. The fourth-order valence-corrected chi connectivity index (χ4v) is 5.17. The summed E-state index contributed by atoms with van der Waals surface area (Å²) in [6.45, 7) is 6.86. The Bertz CT molecular complexity index is 1390. The van der Waals surface area contributed by atoms with Crippen LogP contribution in [0.4, 0.5) is 5.69 Å². The van der Waals surface area contributed by atoms with Gasteiger partial charge in [0, 0.05) is 58.0 Å².